The van der Waals surface area contributed by atoms with E-state index in [0.29, 0.717) is 18.6 Å². The Balaban J connectivity index is 2.36. The number of H-pyrrole nitrogens is 1. The molecule has 1 atom stereocenters. The molecular formula is C20H35N2O6P. The lowest BCUT2D eigenvalue weighted by atomic mass is 9.84. The van der Waals surface area contributed by atoms with Crippen LogP contribution in [0.2, 0.25) is 0 Å². The molecule has 0 aromatic carbocycles. The largest absolute Gasteiger partial charge is 0.375 e. The second-order valence-corrected chi connectivity index (χ2v) is 10.9. The first-order valence-electron chi connectivity index (χ1n) is 9.76. The average molecular weight is 430 g/mol. The molecule has 0 saturated heterocycles. The molecule has 0 fully saturated rings. The first-order valence-corrected chi connectivity index (χ1v) is 11.5. The zero-order chi connectivity index (χ0) is 22.3. The summed E-state index contributed by atoms with van der Waals surface area (Å²) in [6, 6.07) is 0. The molecule has 1 rings (SSSR count). The Labute approximate surface area is 172 Å². The molecule has 0 aliphatic heterocycles. The van der Waals surface area contributed by atoms with Crippen LogP contribution in [0.15, 0.2) is 27.9 Å². The van der Waals surface area contributed by atoms with Gasteiger partial charge in [0.2, 0.25) is 0 Å². The predicted molar refractivity (Wildman–Crippen MR) is 115 cm³/mol. The van der Waals surface area contributed by atoms with Crippen molar-refractivity contribution in [3.8, 4) is 0 Å². The first kappa shape index (κ1) is 25.6. The highest BCUT2D eigenvalue weighted by atomic mass is 31.2. The highest BCUT2D eigenvalue weighted by Crippen LogP contribution is 2.41. The van der Waals surface area contributed by atoms with Crippen molar-refractivity contribution in [3.63, 3.8) is 0 Å². The molecule has 0 radical (unpaired) electrons. The molecule has 0 amide bonds. The summed E-state index contributed by atoms with van der Waals surface area (Å²) in [5.74, 6) is 0. The molecule has 1 aromatic rings. The molecule has 0 spiro atoms. The van der Waals surface area contributed by atoms with Gasteiger partial charge in [0.25, 0.3) is 5.56 Å². The van der Waals surface area contributed by atoms with Gasteiger partial charge >= 0.3 is 13.3 Å². The van der Waals surface area contributed by atoms with Crippen molar-refractivity contribution in [1.29, 1.82) is 0 Å². The van der Waals surface area contributed by atoms with E-state index >= 15 is 0 Å². The molecule has 8 nitrogen and oxygen atoms in total. The van der Waals surface area contributed by atoms with Gasteiger partial charge in [0.05, 0.1) is 18.4 Å². The quantitative estimate of drug-likeness (QED) is 0.317. The molecule has 29 heavy (non-hydrogen) atoms. The van der Waals surface area contributed by atoms with E-state index < -0.39 is 18.8 Å². The van der Waals surface area contributed by atoms with E-state index in [0.717, 1.165) is 6.42 Å². The Hall–Kier alpha value is -1.47. The minimum atomic E-state index is -3.74. The maximum absolute atomic E-state index is 12.1. The fraction of sp³-hybridized carbons (Fsp3) is 0.700. The van der Waals surface area contributed by atoms with Crippen LogP contribution in [0.5, 0.6) is 0 Å². The van der Waals surface area contributed by atoms with Crippen LogP contribution in [0.3, 0.4) is 0 Å². The van der Waals surface area contributed by atoms with Gasteiger partial charge < -0.3 is 14.2 Å². The van der Waals surface area contributed by atoms with Crippen molar-refractivity contribution in [3.05, 3.63) is 44.8 Å². The molecule has 0 aliphatic carbocycles. The van der Waals surface area contributed by atoms with Crippen molar-refractivity contribution in [2.24, 2.45) is 5.41 Å². The number of hydrogen-bond donors (Lipinski definition) is 2. The Morgan fingerprint density at radius 3 is 2.45 bits per heavy atom. The second-order valence-electron chi connectivity index (χ2n) is 9.05. The van der Waals surface area contributed by atoms with Crippen LogP contribution < -0.4 is 11.2 Å². The average Bonchev–Trinajstić information content (AvgIpc) is 2.53. The highest BCUT2D eigenvalue weighted by molar-refractivity contribution is 7.53. The van der Waals surface area contributed by atoms with Gasteiger partial charge in [-0.2, -0.15) is 0 Å². The van der Waals surface area contributed by atoms with Crippen molar-refractivity contribution >= 4 is 7.60 Å². The number of allylic oxidation sites excluding steroid dienone is 2. The normalized spacial score (nSPS) is 15.0. The summed E-state index contributed by atoms with van der Waals surface area (Å²) < 4.78 is 24.4. The van der Waals surface area contributed by atoms with Gasteiger partial charge in [0.15, 0.2) is 0 Å². The maximum Gasteiger partial charge on any atom is 0.331 e. The highest BCUT2D eigenvalue weighted by Gasteiger charge is 2.26. The monoisotopic (exact) mass is 430 g/mol. The fourth-order valence-corrected chi connectivity index (χ4v) is 4.08. The lowest BCUT2D eigenvalue weighted by Crippen LogP contribution is -2.30. The summed E-state index contributed by atoms with van der Waals surface area (Å²) in [5.41, 5.74) is -0.631. The van der Waals surface area contributed by atoms with E-state index in [1.54, 1.807) is 13.0 Å². The summed E-state index contributed by atoms with van der Waals surface area (Å²) in [6.45, 7) is 12.9. The number of rotatable bonds is 11. The van der Waals surface area contributed by atoms with Crippen molar-refractivity contribution in [1.82, 2.24) is 9.55 Å². The number of hydrogen-bond acceptors (Lipinski definition) is 5. The second kappa shape index (κ2) is 10.5. The van der Waals surface area contributed by atoms with Crippen molar-refractivity contribution in [2.75, 3.05) is 19.4 Å². The van der Waals surface area contributed by atoms with Crippen LogP contribution >= 0.6 is 7.60 Å². The Bertz CT molecular complexity index is 848. The summed E-state index contributed by atoms with van der Waals surface area (Å²) >= 11 is 0. The zero-order valence-corrected chi connectivity index (χ0v) is 19.3. The molecule has 9 heteroatoms. The van der Waals surface area contributed by atoms with Gasteiger partial charge in [0.1, 0.15) is 0 Å². The van der Waals surface area contributed by atoms with Gasteiger partial charge in [-0.25, -0.2) is 4.79 Å². The van der Waals surface area contributed by atoms with Gasteiger partial charge in [-0.15, -0.1) is 0 Å². The van der Waals surface area contributed by atoms with E-state index in [4.69, 9.17) is 9.26 Å². The third-order valence-electron chi connectivity index (χ3n) is 4.02. The number of aryl methyl sites for hydroxylation is 1. The van der Waals surface area contributed by atoms with E-state index in [1.807, 2.05) is 13.8 Å². The summed E-state index contributed by atoms with van der Waals surface area (Å²) in [4.78, 5) is 35.1. The Kier molecular flexibility index (Phi) is 9.28. The first-order chi connectivity index (χ1) is 13.2. The molecule has 0 aliphatic rings. The molecule has 2 N–H and O–H groups in total. The van der Waals surface area contributed by atoms with Crippen LogP contribution in [0.4, 0.5) is 0 Å². The molecule has 1 heterocycles. The van der Waals surface area contributed by atoms with Crippen LogP contribution in [0.25, 0.3) is 0 Å². The van der Waals surface area contributed by atoms with E-state index in [1.165, 1.54) is 16.8 Å². The van der Waals surface area contributed by atoms with Gasteiger partial charge in [-0.05, 0) is 39.0 Å². The summed E-state index contributed by atoms with van der Waals surface area (Å²) in [5, 5.41) is 0. The summed E-state index contributed by atoms with van der Waals surface area (Å²) in [6.07, 6.45) is 5.80. The molecule has 1 unspecified atom stereocenters. The third-order valence-corrected chi connectivity index (χ3v) is 5.28. The van der Waals surface area contributed by atoms with Crippen LogP contribution in [0.1, 0.15) is 53.0 Å². The molecule has 166 valence electrons. The number of aromatic amines is 1. The minimum Gasteiger partial charge on any atom is -0.375 e. The van der Waals surface area contributed by atoms with Crippen LogP contribution in [0, 0.1) is 12.3 Å². The third kappa shape index (κ3) is 10.8. The Morgan fingerprint density at radius 2 is 1.83 bits per heavy atom. The number of aromatic nitrogens is 2. The predicted octanol–water partition coefficient (Wildman–Crippen LogP) is 3.22. The van der Waals surface area contributed by atoms with E-state index in [2.05, 4.69) is 25.8 Å². The van der Waals surface area contributed by atoms with Crippen LogP contribution in [-0.4, -0.2) is 39.4 Å². The van der Waals surface area contributed by atoms with Crippen molar-refractivity contribution < 1.29 is 18.7 Å². The SMILES string of the molecule is Cc1cn(C/C=C/CP(=O)(O)OCCCOC(C)(C)CC(C)(C)C)c(=O)[nH]c1=O. The summed E-state index contributed by atoms with van der Waals surface area (Å²) in [7, 11) is -3.74. The maximum atomic E-state index is 12.1. The fourth-order valence-electron chi connectivity index (χ4n) is 3.15. The lowest BCUT2D eigenvalue weighted by molar-refractivity contribution is -0.0465. The standard InChI is InChI=1S/C20H35N2O6P/c1-16-14-22(18(24)21-17(16)23)10-7-8-13-29(25,26)28-12-9-11-27-20(5,6)15-19(2,3)4/h7-8,14H,9-13,15H2,1-6H3,(H,25,26)(H,21,23,24)/b8-7+. The van der Waals surface area contributed by atoms with E-state index in [-0.39, 0.29) is 30.3 Å². The number of ether oxygens (including phenoxy) is 1. The molecule has 0 saturated carbocycles. The van der Waals surface area contributed by atoms with E-state index in [9.17, 15) is 19.0 Å². The lowest BCUT2D eigenvalue weighted by Gasteiger charge is -2.32. The molecule has 0 bridgehead atoms. The topological polar surface area (TPSA) is 111 Å². The van der Waals surface area contributed by atoms with Crippen molar-refractivity contribution in [2.45, 2.75) is 66.5 Å². The smallest absolute Gasteiger partial charge is 0.331 e. The zero-order valence-electron chi connectivity index (χ0n) is 18.4. The van der Waals surface area contributed by atoms with Gasteiger partial charge in [-0.1, -0.05) is 32.9 Å². The van der Waals surface area contributed by atoms with Crippen LogP contribution in [-0.2, 0) is 20.4 Å². The van der Waals surface area contributed by atoms with Gasteiger partial charge in [0, 0.05) is 24.9 Å². The molecule has 1 aromatic heterocycles. The number of nitrogens with one attached hydrogen (secondary N) is 1. The molecular weight excluding hydrogens is 395 g/mol. The van der Waals surface area contributed by atoms with Gasteiger partial charge in [-0.3, -0.25) is 18.9 Å². The number of nitrogens with zero attached hydrogens (tertiary/aromatic N) is 1. The minimum absolute atomic E-state index is 0.131. The Morgan fingerprint density at radius 1 is 1.17 bits per heavy atom.